The van der Waals surface area contributed by atoms with E-state index in [0.717, 1.165) is 0 Å². The maximum Gasteiger partial charge on any atom is 0.534 e. The number of halogens is 3. The van der Waals surface area contributed by atoms with Gasteiger partial charge in [0.05, 0.1) is 6.19 Å². The number of nitrogens with zero attached hydrogens (tertiary/aromatic N) is 1. The maximum absolute atomic E-state index is 12.0. The molecule has 1 aliphatic rings. The van der Waals surface area contributed by atoms with Crippen molar-refractivity contribution in [3.05, 3.63) is 11.8 Å². The molecule has 96 valence electrons. The summed E-state index contributed by atoms with van der Waals surface area (Å²) < 4.78 is 61.3. The molecule has 0 amide bonds. The Bertz CT molecular complexity index is 419. The Morgan fingerprint density at radius 3 is 2.53 bits per heavy atom. The molecule has 0 radical (unpaired) electrons. The molecule has 0 unspecified atom stereocenters. The van der Waals surface area contributed by atoms with Crippen molar-refractivity contribution >= 4 is 23.7 Å². The van der Waals surface area contributed by atoms with Gasteiger partial charge < -0.3 is 13.8 Å². The Morgan fingerprint density at radius 1 is 1.47 bits per heavy atom. The summed E-state index contributed by atoms with van der Waals surface area (Å²) in [6.45, 7) is 0.458. The first-order chi connectivity index (χ1) is 7.76. The predicted octanol–water partition coefficient (Wildman–Crippen LogP) is -0.0161. The van der Waals surface area contributed by atoms with E-state index in [1.54, 1.807) is 4.81 Å². The Balaban J connectivity index is 2.64. The van der Waals surface area contributed by atoms with Crippen LogP contribution >= 0.6 is 0 Å². The molecule has 1 heterocycles. The summed E-state index contributed by atoms with van der Waals surface area (Å²) in [6, 6.07) is 0. The number of hydrogen-bond donors (Lipinski definition) is 0. The molecule has 0 aromatic carbocycles. The molecular formula is C7H9BF3NO4S. The zero-order valence-corrected chi connectivity index (χ0v) is 9.42. The highest BCUT2D eigenvalue weighted by Crippen LogP contribution is 2.27. The lowest BCUT2D eigenvalue weighted by molar-refractivity contribution is -0.0524. The SMILES string of the molecule is O=CBN1CC=C(OS(=O)(=O)C(F)(F)F)CC1. The van der Waals surface area contributed by atoms with Crippen molar-refractivity contribution < 1.29 is 30.6 Å². The number of carbonyl (C=O) groups excluding carboxylic acids is 1. The van der Waals surface area contributed by atoms with Gasteiger partial charge in [-0.2, -0.15) is 21.6 Å². The summed E-state index contributed by atoms with van der Waals surface area (Å²) >= 11 is 0. The van der Waals surface area contributed by atoms with Crippen molar-refractivity contribution in [1.82, 2.24) is 4.81 Å². The van der Waals surface area contributed by atoms with E-state index in [9.17, 15) is 26.4 Å². The van der Waals surface area contributed by atoms with Crippen LogP contribution in [0.25, 0.3) is 0 Å². The molecule has 1 rings (SSSR count). The monoisotopic (exact) mass is 271 g/mol. The average molecular weight is 271 g/mol. The smallest absolute Gasteiger partial charge is 0.381 e. The third kappa shape index (κ3) is 3.74. The summed E-state index contributed by atoms with van der Waals surface area (Å²) in [7, 11) is -5.43. The molecule has 0 aliphatic carbocycles. The van der Waals surface area contributed by atoms with Gasteiger partial charge >= 0.3 is 15.6 Å². The van der Waals surface area contributed by atoms with E-state index in [2.05, 4.69) is 4.18 Å². The molecule has 5 nitrogen and oxygen atoms in total. The van der Waals surface area contributed by atoms with Crippen molar-refractivity contribution in [2.75, 3.05) is 13.1 Å². The third-order valence-corrected chi connectivity index (χ3v) is 3.08. The van der Waals surface area contributed by atoms with Crippen LogP contribution < -0.4 is 0 Å². The van der Waals surface area contributed by atoms with Crippen LogP contribution in [0.5, 0.6) is 0 Å². The summed E-state index contributed by atoms with van der Waals surface area (Å²) in [4.78, 5) is 11.8. The lowest BCUT2D eigenvalue weighted by Crippen LogP contribution is -2.34. The van der Waals surface area contributed by atoms with E-state index in [1.165, 1.54) is 6.08 Å². The number of hydrogen-bond acceptors (Lipinski definition) is 5. The van der Waals surface area contributed by atoms with Gasteiger partial charge in [-0.25, -0.2) is 0 Å². The van der Waals surface area contributed by atoms with Gasteiger partial charge in [-0.15, -0.1) is 0 Å². The Morgan fingerprint density at radius 2 is 2.12 bits per heavy atom. The summed E-state index contributed by atoms with van der Waals surface area (Å²) in [5, 5.41) is 0. The van der Waals surface area contributed by atoms with E-state index >= 15 is 0 Å². The zero-order valence-electron chi connectivity index (χ0n) is 8.61. The molecule has 10 heteroatoms. The van der Waals surface area contributed by atoms with Crippen LogP contribution in [0.1, 0.15) is 6.42 Å². The predicted molar refractivity (Wildman–Crippen MR) is 54.2 cm³/mol. The zero-order chi connectivity index (χ0) is 13.1. The van der Waals surface area contributed by atoms with Gasteiger partial charge in [-0.05, 0) is 12.6 Å². The van der Waals surface area contributed by atoms with E-state index in [0.29, 0.717) is 6.19 Å². The van der Waals surface area contributed by atoms with Crippen LogP contribution in [0.4, 0.5) is 13.2 Å². The quantitative estimate of drug-likeness (QED) is 0.311. The van der Waals surface area contributed by atoms with Gasteiger partial charge in [0.2, 0.25) is 0 Å². The fourth-order valence-electron chi connectivity index (χ4n) is 1.23. The van der Waals surface area contributed by atoms with Crippen LogP contribution in [0, 0.1) is 0 Å². The van der Waals surface area contributed by atoms with Crippen molar-refractivity contribution in [1.29, 1.82) is 0 Å². The van der Waals surface area contributed by atoms with E-state index < -0.39 is 15.6 Å². The molecule has 1 aliphatic heterocycles. The highest BCUT2D eigenvalue weighted by molar-refractivity contribution is 7.87. The standard InChI is InChI=1S/C7H9BF3NO4S/c9-7(10,11)17(14,15)16-6-1-3-12(4-2-6)8-5-13/h1,5,8H,2-4H2. The normalized spacial score (nSPS) is 18.4. The van der Waals surface area contributed by atoms with Gasteiger partial charge in [0.1, 0.15) is 5.76 Å². The Labute approximate surface area is 96.6 Å². The molecule has 0 fully saturated rings. The van der Waals surface area contributed by atoms with Crippen molar-refractivity contribution in [2.24, 2.45) is 0 Å². The second-order valence-electron chi connectivity index (χ2n) is 3.33. The first-order valence-electron chi connectivity index (χ1n) is 4.62. The number of rotatable bonds is 4. The van der Waals surface area contributed by atoms with Crippen LogP contribution in [-0.2, 0) is 19.1 Å². The van der Waals surface area contributed by atoms with Gasteiger partial charge in [-0.3, -0.25) is 0 Å². The van der Waals surface area contributed by atoms with Crippen LogP contribution in [0.15, 0.2) is 11.8 Å². The maximum atomic E-state index is 12.0. The summed E-state index contributed by atoms with van der Waals surface area (Å²) in [5.41, 5.74) is -5.42. The Hall–Kier alpha value is -1.03. The van der Waals surface area contributed by atoms with Gasteiger partial charge in [-0.1, -0.05) is 0 Å². The van der Waals surface area contributed by atoms with E-state index in [4.69, 9.17) is 0 Å². The minimum absolute atomic E-state index is 0.0170. The summed E-state index contributed by atoms with van der Waals surface area (Å²) in [5.74, 6) is -0.246. The second kappa shape index (κ2) is 5.09. The molecule has 0 saturated carbocycles. The van der Waals surface area contributed by atoms with Crippen LogP contribution in [0.3, 0.4) is 0 Å². The minimum Gasteiger partial charge on any atom is -0.381 e. The van der Waals surface area contributed by atoms with E-state index in [1.807, 2.05) is 0 Å². The van der Waals surface area contributed by atoms with Gasteiger partial charge in [0, 0.05) is 13.0 Å². The fraction of sp³-hybridized carbons (Fsp3) is 0.571. The van der Waals surface area contributed by atoms with Crippen molar-refractivity contribution in [3.63, 3.8) is 0 Å². The summed E-state index contributed by atoms with van der Waals surface area (Å²) in [6.07, 6.45) is 1.89. The molecule has 0 spiro atoms. The lowest BCUT2D eigenvalue weighted by Gasteiger charge is -2.23. The third-order valence-electron chi connectivity index (χ3n) is 2.08. The molecule has 0 atom stereocenters. The molecule has 0 aromatic rings. The Kier molecular flexibility index (Phi) is 4.20. The second-order valence-corrected chi connectivity index (χ2v) is 4.87. The average Bonchev–Trinajstić information content (AvgIpc) is 2.19. The largest absolute Gasteiger partial charge is 0.534 e. The topological polar surface area (TPSA) is 63.7 Å². The highest BCUT2D eigenvalue weighted by atomic mass is 32.2. The number of alkyl halides is 3. The van der Waals surface area contributed by atoms with Gasteiger partial charge in [0.15, 0.2) is 0 Å². The highest BCUT2D eigenvalue weighted by Gasteiger charge is 2.48. The van der Waals surface area contributed by atoms with Crippen molar-refractivity contribution in [3.8, 4) is 0 Å². The fourth-order valence-corrected chi connectivity index (χ4v) is 1.76. The van der Waals surface area contributed by atoms with E-state index in [-0.39, 0.29) is 32.7 Å². The molecular weight excluding hydrogens is 262 g/mol. The molecule has 0 saturated heterocycles. The lowest BCUT2D eigenvalue weighted by atomic mass is 9.93. The van der Waals surface area contributed by atoms with Crippen LogP contribution in [-0.4, -0.2) is 45.4 Å². The first-order valence-corrected chi connectivity index (χ1v) is 6.03. The van der Waals surface area contributed by atoms with Crippen LogP contribution in [0.2, 0.25) is 0 Å². The molecule has 0 aromatic heterocycles. The van der Waals surface area contributed by atoms with Gasteiger partial charge in [0.25, 0.3) is 7.41 Å². The minimum atomic E-state index is -5.58. The van der Waals surface area contributed by atoms with Crippen molar-refractivity contribution in [2.45, 2.75) is 11.9 Å². The first kappa shape index (κ1) is 14.0. The molecule has 0 bridgehead atoms. The number of carbonyl (C=O) groups is 1. The molecule has 0 N–H and O–H groups in total. The molecule has 17 heavy (non-hydrogen) atoms.